The van der Waals surface area contributed by atoms with Gasteiger partial charge in [0.2, 0.25) is 0 Å². The monoisotopic (exact) mass is 383 g/mol. The first-order chi connectivity index (χ1) is 10.3. The van der Waals surface area contributed by atoms with Gasteiger partial charge in [-0.15, -0.1) is 11.3 Å². The molecular formula is C16H15BrClNOS. The lowest BCUT2D eigenvalue weighted by molar-refractivity contribution is 0.340. The smallest absolute Gasteiger partial charge is 0.142 e. The normalized spacial score (nSPS) is 17.4. The predicted octanol–water partition coefficient (Wildman–Crippen LogP) is 5.64. The summed E-state index contributed by atoms with van der Waals surface area (Å²) in [5.74, 6) is 0.881. The molecule has 2 aromatic rings. The summed E-state index contributed by atoms with van der Waals surface area (Å²) in [4.78, 5) is 3.48. The van der Waals surface area contributed by atoms with Gasteiger partial charge in [0.1, 0.15) is 5.75 Å². The molecule has 0 radical (unpaired) electrons. The van der Waals surface area contributed by atoms with Gasteiger partial charge < -0.3 is 9.64 Å². The van der Waals surface area contributed by atoms with Crippen molar-refractivity contribution in [3.05, 3.63) is 52.4 Å². The Hall–Kier alpha value is -0.970. The Labute approximate surface area is 142 Å². The number of nitrogens with zero attached hydrogens (tertiary/aromatic N) is 1. The second kappa shape index (κ2) is 6.42. The molecule has 0 spiro atoms. The van der Waals surface area contributed by atoms with E-state index in [1.807, 2.05) is 31.3 Å². The van der Waals surface area contributed by atoms with Gasteiger partial charge in [0.15, 0.2) is 0 Å². The summed E-state index contributed by atoms with van der Waals surface area (Å²) >= 11 is 11.8. The highest BCUT2D eigenvalue weighted by Crippen LogP contribution is 2.45. The van der Waals surface area contributed by atoms with Crippen LogP contribution in [0.15, 0.2) is 41.9 Å². The van der Waals surface area contributed by atoms with Crippen LogP contribution in [0.2, 0.25) is 0 Å². The van der Waals surface area contributed by atoms with Crippen molar-refractivity contribution in [1.82, 2.24) is 0 Å². The highest BCUT2D eigenvalue weighted by Gasteiger charge is 2.29. The average Bonchev–Trinajstić information content (AvgIpc) is 2.98. The lowest BCUT2D eigenvalue weighted by atomic mass is 10.1. The quantitative estimate of drug-likeness (QED) is 0.632. The second-order valence-electron chi connectivity index (χ2n) is 4.65. The van der Waals surface area contributed by atoms with Crippen LogP contribution in [0.1, 0.15) is 23.4 Å². The fourth-order valence-electron chi connectivity index (χ4n) is 2.51. The molecule has 1 aromatic carbocycles. The van der Waals surface area contributed by atoms with Gasteiger partial charge in [-0.1, -0.05) is 39.7 Å². The third-order valence-electron chi connectivity index (χ3n) is 3.43. The molecule has 0 saturated heterocycles. The van der Waals surface area contributed by atoms with Gasteiger partial charge in [-0.25, -0.2) is 0 Å². The lowest BCUT2D eigenvalue weighted by Crippen LogP contribution is -2.27. The number of thiophene rings is 1. The molecule has 0 saturated carbocycles. The van der Waals surface area contributed by atoms with Crippen LogP contribution >= 0.6 is 38.9 Å². The number of hydrogen-bond donors (Lipinski definition) is 0. The summed E-state index contributed by atoms with van der Waals surface area (Å²) in [5.41, 5.74) is 2.18. The largest absolute Gasteiger partial charge is 0.492 e. The van der Waals surface area contributed by atoms with E-state index in [0.29, 0.717) is 6.61 Å². The number of rotatable bonds is 4. The average molecular weight is 385 g/mol. The molecule has 1 aromatic heterocycles. The fraction of sp³-hybridized carbons (Fsp3) is 0.250. The minimum Gasteiger partial charge on any atom is -0.492 e. The lowest BCUT2D eigenvalue weighted by Gasteiger charge is -2.34. The Morgan fingerprint density at radius 2 is 2.14 bits per heavy atom. The molecule has 1 aliphatic heterocycles. The van der Waals surface area contributed by atoms with Gasteiger partial charge in [0.25, 0.3) is 0 Å². The van der Waals surface area contributed by atoms with Gasteiger partial charge in [-0.2, -0.15) is 0 Å². The van der Waals surface area contributed by atoms with E-state index in [9.17, 15) is 0 Å². The van der Waals surface area contributed by atoms with E-state index in [0.717, 1.165) is 27.4 Å². The highest BCUT2D eigenvalue weighted by molar-refractivity contribution is 9.09. The van der Waals surface area contributed by atoms with Crippen molar-refractivity contribution in [3.63, 3.8) is 0 Å². The van der Waals surface area contributed by atoms with Crippen LogP contribution in [-0.4, -0.2) is 11.9 Å². The number of halogens is 2. The number of fused-ring (bicyclic) bond motifs is 1. The van der Waals surface area contributed by atoms with Crippen LogP contribution in [0.25, 0.3) is 5.03 Å². The highest BCUT2D eigenvalue weighted by atomic mass is 79.9. The predicted molar refractivity (Wildman–Crippen MR) is 94.8 cm³/mol. The second-order valence-corrected chi connectivity index (χ2v) is 6.66. The van der Waals surface area contributed by atoms with Crippen LogP contribution in [-0.2, 0) is 0 Å². The molecule has 1 aliphatic rings. The molecule has 0 aliphatic carbocycles. The van der Waals surface area contributed by atoms with Crippen molar-refractivity contribution in [2.75, 3.05) is 16.8 Å². The summed E-state index contributed by atoms with van der Waals surface area (Å²) in [6.45, 7) is 2.64. The molecule has 110 valence electrons. The number of ether oxygens (including phenoxy) is 1. The summed E-state index contributed by atoms with van der Waals surface area (Å²) < 4.78 is 5.76. The zero-order valence-corrected chi connectivity index (χ0v) is 14.7. The van der Waals surface area contributed by atoms with Gasteiger partial charge in [-0.3, -0.25) is 0 Å². The van der Waals surface area contributed by atoms with E-state index in [4.69, 9.17) is 16.3 Å². The van der Waals surface area contributed by atoms with E-state index in [1.54, 1.807) is 11.3 Å². The van der Waals surface area contributed by atoms with Crippen molar-refractivity contribution in [2.45, 2.75) is 13.0 Å². The number of alkyl halides is 1. The number of para-hydroxylation sites is 2. The summed E-state index contributed by atoms with van der Waals surface area (Å²) in [5, 5.41) is 3.70. The van der Waals surface area contributed by atoms with Crippen molar-refractivity contribution in [3.8, 4) is 5.75 Å². The van der Waals surface area contributed by atoms with Crippen molar-refractivity contribution >= 4 is 49.6 Å². The maximum atomic E-state index is 6.45. The van der Waals surface area contributed by atoms with Crippen LogP contribution in [0, 0.1) is 0 Å². The minimum atomic E-state index is 0.226. The van der Waals surface area contributed by atoms with Crippen LogP contribution in [0.4, 0.5) is 5.69 Å². The van der Waals surface area contributed by atoms with Crippen LogP contribution in [0.5, 0.6) is 5.75 Å². The Balaban J connectivity index is 2.08. The van der Waals surface area contributed by atoms with Gasteiger partial charge in [0.05, 0.1) is 23.4 Å². The standard InChI is InChI=1S/C16H15BrClNOS/c1-2-20-15-6-4-3-5-13(15)19-10-12(18)11-7-8-21-16(11)14(19)9-17/h3-8,10,14H,2,9H2,1H3. The Morgan fingerprint density at radius 3 is 2.90 bits per heavy atom. The molecule has 5 heteroatoms. The number of hydrogen-bond acceptors (Lipinski definition) is 3. The molecule has 2 nitrogen and oxygen atoms in total. The Kier molecular flexibility index (Phi) is 4.57. The summed E-state index contributed by atoms with van der Waals surface area (Å²) in [6, 6.07) is 10.4. The first kappa shape index (κ1) is 14.9. The summed E-state index contributed by atoms with van der Waals surface area (Å²) in [6.07, 6.45) is 2.00. The number of anilines is 1. The zero-order chi connectivity index (χ0) is 14.8. The van der Waals surface area contributed by atoms with Gasteiger partial charge >= 0.3 is 0 Å². The third-order valence-corrected chi connectivity index (χ3v) is 5.37. The molecule has 0 amide bonds. The summed E-state index contributed by atoms with van der Waals surface area (Å²) in [7, 11) is 0. The van der Waals surface area contributed by atoms with E-state index in [-0.39, 0.29) is 6.04 Å². The number of benzene rings is 1. The van der Waals surface area contributed by atoms with Crippen molar-refractivity contribution in [2.24, 2.45) is 0 Å². The molecule has 0 N–H and O–H groups in total. The maximum absolute atomic E-state index is 6.45. The SMILES string of the molecule is CCOc1ccccc1N1C=C(Cl)c2ccsc2C1CBr. The molecule has 1 unspecified atom stereocenters. The van der Waals surface area contributed by atoms with Crippen molar-refractivity contribution in [1.29, 1.82) is 0 Å². The first-order valence-electron chi connectivity index (χ1n) is 6.77. The van der Waals surface area contributed by atoms with Gasteiger partial charge in [-0.05, 0) is 30.5 Å². The zero-order valence-electron chi connectivity index (χ0n) is 11.6. The fourth-order valence-corrected chi connectivity index (χ4v) is 4.70. The molecule has 0 bridgehead atoms. The van der Waals surface area contributed by atoms with Gasteiger partial charge in [0, 0.05) is 22.0 Å². The van der Waals surface area contributed by atoms with Crippen LogP contribution < -0.4 is 9.64 Å². The maximum Gasteiger partial charge on any atom is 0.142 e. The van der Waals surface area contributed by atoms with E-state index >= 15 is 0 Å². The topological polar surface area (TPSA) is 12.5 Å². The van der Waals surface area contributed by atoms with E-state index < -0.39 is 0 Å². The van der Waals surface area contributed by atoms with Crippen molar-refractivity contribution < 1.29 is 4.74 Å². The third kappa shape index (κ3) is 2.72. The molecular weight excluding hydrogens is 370 g/mol. The minimum absolute atomic E-state index is 0.226. The van der Waals surface area contributed by atoms with Crippen LogP contribution in [0.3, 0.4) is 0 Å². The van der Waals surface area contributed by atoms with E-state index in [1.165, 1.54) is 4.88 Å². The molecule has 0 fully saturated rings. The molecule has 2 heterocycles. The molecule has 1 atom stereocenters. The van der Waals surface area contributed by atoms with E-state index in [2.05, 4.69) is 38.3 Å². The first-order valence-corrected chi connectivity index (χ1v) is 9.15. The molecule has 21 heavy (non-hydrogen) atoms. The Bertz CT molecular complexity index is 670. The Morgan fingerprint density at radius 1 is 1.33 bits per heavy atom. The molecule has 3 rings (SSSR count).